The van der Waals surface area contributed by atoms with Crippen molar-refractivity contribution in [3.05, 3.63) is 121 Å². The average molecular weight is 1100 g/mol. The maximum atomic E-state index is 11.3. The number of rotatable bonds is 4. The number of carbonyl (C=O) groups is 2. The van der Waals surface area contributed by atoms with Crippen LogP contribution in [0.5, 0.6) is 23.0 Å². The Hall–Kier alpha value is -5.50. The van der Waals surface area contributed by atoms with Crippen molar-refractivity contribution in [1.82, 2.24) is 0 Å². The zero-order valence-corrected chi connectivity index (χ0v) is 43.4. The van der Waals surface area contributed by atoms with Crippen LogP contribution in [0.3, 0.4) is 0 Å². The molecule has 440 valence electrons. The van der Waals surface area contributed by atoms with Crippen LogP contribution in [0.1, 0.15) is 127 Å². The third-order valence-corrected chi connectivity index (χ3v) is 6.10. The standard InChI is InChI=1S/4C7H8O.2C4H7F3O.2C3H3F3O.4C2H6.4CH4/c4*1-8-7-5-3-2-4-6-7;2*1-3(2,8)4(5,6)7;2*1-2(7)3(4,5)6;4*1-2;;;;/h4*2-6H,1H3;2*8H,1-2H3;2*1H3;4*1-2H3;4*1H4. The molecule has 0 unspecified atom stereocenters. The lowest BCUT2D eigenvalue weighted by Gasteiger charge is -2.20. The van der Waals surface area contributed by atoms with Gasteiger partial charge in [-0.3, -0.25) is 9.59 Å². The van der Waals surface area contributed by atoms with Gasteiger partial charge in [-0.1, -0.05) is 158 Å². The van der Waals surface area contributed by atoms with E-state index in [1.54, 1.807) is 28.4 Å². The highest BCUT2D eigenvalue weighted by Crippen LogP contribution is 2.29. The third-order valence-electron chi connectivity index (χ3n) is 6.10. The van der Waals surface area contributed by atoms with Crippen LogP contribution in [0, 0.1) is 0 Å². The number of alkyl halides is 12. The van der Waals surface area contributed by atoms with Gasteiger partial charge in [0, 0.05) is 13.8 Å². The molecule has 0 aliphatic heterocycles. The van der Waals surface area contributed by atoms with Crippen LogP contribution in [-0.4, -0.2) is 86.1 Å². The van der Waals surface area contributed by atoms with E-state index < -0.39 is 47.5 Å². The van der Waals surface area contributed by atoms with Gasteiger partial charge in [0.1, 0.15) is 23.0 Å². The maximum Gasteiger partial charge on any atom is 0.449 e. The highest BCUT2D eigenvalue weighted by Gasteiger charge is 2.46. The highest BCUT2D eigenvalue weighted by atomic mass is 19.4. The minimum atomic E-state index is -4.64. The number of ether oxygens (including phenoxy) is 4. The van der Waals surface area contributed by atoms with E-state index in [2.05, 4.69) is 0 Å². The van der Waals surface area contributed by atoms with Gasteiger partial charge in [-0.05, 0) is 76.2 Å². The van der Waals surface area contributed by atoms with Crippen molar-refractivity contribution < 1.29 is 91.4 Å². The van der Waals surface area contributed by atoms with Gasteiger partial charge >= 0.3 is 24.7 Å². The monoisotopic (exact) mass is 1100 g/mol. The normalized spacial score (nSPS) is 9.30. The molecule has 0 heterocycles. The van der Waals surface area contributed by atoms with Crippen molar-refractivity contribution in [2.24, 2.45) is 0 Å². The molecule has 4 aromatic rings. The van der Waals surface area contributed by atoms with Crippen LogP contribution in [0.4, 0.5) is 52.7 Å². The van der Waals surface area contributed by atoms with Gasteiger partial charge in [-0.25, -0.2) is 0 Å². The summed E-state index contributed by atoms with van der Waals surface area (Å²) in [6.07, 6.45) is -18.3. The fourth-order valence-electron chi connectivity index (χ4n) is 2.23. The topological polar surface area (TPSA) is 112 Å². The Labute approximate surface area is 437 Å². The molecule has 74 heavy (non-hydrogen) atoms. The molecule has 0 saturated heterocycles. The van der Waals surface area contributed by atoms with E-state index in [0.717, 1.165) is 23.0 Å². The van der Waals surface area contributed by atoms with Crippen molar-refractivity contribution in [2.45, 2.75) is 163 Å². The zero-order chi connectivity index (χ0) is 57.4. The third kappa shape index (κ3) is 68.6. The Morgan fingerprint density at radius 3 is 0.473 bits per heavy atom. The molecule has 0 fully saturated rings. The van der Waals surface area contributed by atoms with Crippen LogP contribution in [-0.2, 0) is 9.59 Å². The largest absolute Gasteiger partial charge is 0.497 e. The maximum absolute atomic E-state index is 11.3. The number of hydrogen-bond donors (Lipinski definition) is 2. The number of carbonyl (C=O) groups excluding carboxylic acids is 2. The second kappa shape index (κ2) is 56.8. The lowest BCUT2D eigenvalue weighted by atomic mass is 10.1. The first kappa shape index (κ1) is 97.8. The Balaban J connectivity index is -0.0000000578. The summed E-state index contributed by atoms with van der Waals surface area (Å²) >= 11 is 0. The van der Waals surface area contributed by atoms with Crippen molar-refractivity contribution in [3.63, 3.8) is 0 Å². The van der Waals surface area contributed by atoms with Crippen LogP contribution in [0.15, 0.2) is 121 Å². The molecule has 0 radical (unpaired) electrons. The van der Waals surface area contributed by atoms with Crippen LogP contribution < -0.4 is 18.9 Å². The molecule has 0 bridgehead atoms. The predicted molar refractivity (Wildman–Crippen MR) is 282 cm³/mol. The number of Topliss-reactive ketones (excluding diaryl/α,β-unsaturated/α-hetero) is 2. The Bertz CT molecular complexity index is 1450. The number of para-hydroxylation sites is 4. The Kier molecular flexibility index (Phi) is 75.0. The van der Waals surface area contributed by atoms with Crippen molar-refractivity contribution in [2.75, 3.05) is 28.4 Å². The highest BCUT2D eigenvalue weighted by molar-refractivity contribution is 5.81. The molecule has 0 aliphatic rings. The van der Waals surface area contributed by atoms with E-state index >= 15 is 0 Å². The van der Waals surface area contributed by atoms with Crippen LogP contribution >= 0.6 is 0 Å². The van der Waals surface area contributed by atoms with Gasteiger partial charge in [-0.2, -0.15) is 52.7 Å². The Morgan fingerprint density at radius 2 is 0.432 bits per heavy atom. The first-order valence-corrected chi connectivity index (χ1v) is 21.2. The molecule has 8 nitrogen and oxygen atoms in total. The minimum Gasteiger partial charge on any atom is -0.497 e. The predicted octanol–water partition coefficient (Wildman–Crippen LogP) is 18.3. The minimum absolute atomic E-state index is 0. The number of aliphatic hydroxyl groups is 2. The van der Waals surface area contributed by atoms with Gasteiger partial charge in [-0.15, -0.1) is 0 Å². The molecule has 4 rings (SSSR count). The molecule has 4 aromatic carbocycles. The summed E-state index contributed by atoms with van der Waals surface area (Å²) in [6.45, 7) is 19.8. The van der Waals surface area contributed by atoms with Gasteiger partial charge in [0.15, 0.2) is 11.2 Å². The van der Waals surface area contributed by atoms with E-state index in [9.17, 15) is 62.3 Å². The first-order chi connectivity index (χ1) is 32.1. The quantitative estimate of drug-likeness (QED) is 0.194. The lowest BCUT2D eigenvalue weighted by molar-refractivity contribution is -0.245. The van der Waals surface area contributed by atoms with Gasteiger partial charge in [0.05, 0.1) is 28.4 Å². The summed E-state index contributed by atoms with van der Waals surface area (Å²) in [5, 5.41) is 16.5. The smallest absolute Gasteiger partial charge is 0.449 e. The number of benzene rings is 4. The molecule has 0 spiro atoms. The zero-order valence-electron chi connectivity index (χ0n) is 43.4. The summed E-state index contributed by atoms with van der Waals surface area (Å²) in [5.41, 5.74) is -5.12. The molecule has 0 amide bonds. The average Bonchev–Trinajstić information content (AvgIpc) is 3.32. The van der Waals surface area contributed by atoms with Gasteiger partial charge in [0.2, 0.25) is 11.6 Å². The van der Waals surface area contributed by atoms with Crippen molar-refractivity contribution in [3.8, 4) is 23.0 Å². The van der Waals surface area contributed by atoms with Gasteiger partial charge < -0.3 is 29.2 Å². The molecular formula is C54H92F12O8. The second-order valence-electron chi connectivity index (χ2n) is 12.3. The molecule has 0 saturated carbocycles. The molecule has 0 aliphatic carbocycles. The van der Waals surface area contributed by atoms with E-state index in [1.807, 2.05) is 177 Å². The lowest BCUT2D eigenvalue weighted by Crippen LogP contribution is -2.38. The van der Waals surface area contributed by atoms with Crippen molar-refractivity contribution in [1.29, 1.82) is 0 Å². The van der Waals surface area contributed by atoms with Gasteiger partial charge in [0.25, 0.3) is 0 Å². The fourth-order valence-corrected chi connectivity index (χ4v) is 2.23. The molecule has 2 N–H and O–H groups in total. The summed E-state index contributed by atoms with van der Waals surface area (Å²) in [4.78, 5) is 18.7. The Morgan fingerprint density at radius 1 is 0.338 bits per heavy atom. The number of hydrogen-bond acceptors (Lipinski definition) is 8. The number of methoxy groups -OCH3 is 4. The van der Waals surface area contributed by atoms with Crippen LogP contribution in [0.2, 0.25) is 0 Å². The summed E-state index contributed by atoms with van der Waals surface area (Å²) in [7, 11) is 6.65. The fraction of sp³-hybridized carbons (Fsp3) is 0.519. The number of ketones is 2. The van der Waals surface area contributed by atoms with Crippen molar-refractivity contribution >= 4 is 11.6 Å². The van der Waals surface area contributed by atoms with E-state index in [1.165, 1.54) is 0 Å². The molecule has 20 heteroatoms. The molecule has 0 atom stereocenters. The molecular weight excluding hydrogens is 1000 g/mol. The second-order valence-corrected chi connectivity index (χ2v) is 12.3. The van der Waals surface area contributed by atoms with E-state index in [4.69, 9.17) is 29.2 Å². The SMILES string of the molecule is C.C.C.C.CC.CC.CC.CC.CC(=O)C(F)(F)F.CC(=O)C(F)(F)F.CC(C)(O)C(F)(F)F.CC(C)(O)C(F)(F)F.COc1ccccc1.COc1ccccc1.COc1ccccc1.COc1ccccc1. The first-order valence-electron chi connectivity index (χ1n) is 21.2. The van der Waals surface area contributed by atoms with E-state index in [-0.39, 0.29) is 29.7 Å². The molecule has 0 aromatic heterocycles. The summed E-state index contributed by atoms with van der Waals surface area (Å²) < 4.78 is 153. The van der Waals surface area contributed by atoms with E-state index in [0.29, 0.717) is 41.5 Å². The van der Waals surface area contributed by atoms with Crippen LogP contribution in [0.25, 0.3) is 0 Å². The summed E-state index contributed by atoms with van der Waals surface area (Å²) in [6, 6.07) is 38.7. The number of halogens is 12. The summed E-state index contributed by atoms with van der Waals surface area (Å²) in [5.74, 6) is 0.125.